The minimum atomic E-state index is -0.0946. The van der Waals surface area contributed by atoms with Gasteiger partial charge in [-0.1, -0.05) is 11.6 Å². The van der Waals surface area contributed by atoms with E-state index in [1.165, 1.54) is 6.33 Å². The molecule has 0 saturated heterocycles. The maximum atomic E-state index is 9.06. The molecule has 2 heterocycles. The Morgan fingerprint density at radius 3 is 3.00 bits per heavy atom. The van der Waals surface area contributed by atoms with Gasteiger partial charge in [0.2, 0.25) is 0 Å². The molecule has 0 aromatic carbocycles. The zero-order chi connectivity index (χ0) is 9.42. The molecule has 0 aliphatic carbocycles. The van der Waals surface area contributed by atoms with Gasteiger partial charge in [-0.15, -0.1) is 0 Å². The Labute approximate surface area is 79.8 Å². The predicted molar refractivity (Wildman–Crippen MR) is 49.5 cm³/mol. The SMILES string of the molecule is Cc1cc2c(Cl)ncnc2n1CO. The van der Waals surface area contributed by atoms with Gasteiger partial charge in [0.25, 0.3) is 0 Å². The first kappa shape index (κ1) is 8.47. The molecule has 2 aromatic heterocycles. The lowest BCUT2D eigenvalue weighted by molar-refractivity contribution is 0.212. The highest BCUT2D eigenvalue weighted by Gasteiger charge is 2.08. The standard InChI is InChI=1S/C8H8ClN3O/c1-5-2-6-7(9)10-3-11-8(6)12(5)4-13/h2-3,13H,4H2,1H3. The van der Waals surface area contributed by atoms with Gasteiger partial charge in [-0.25, -0.2) is 9.97 Å². The van der Waals surface area contributed by atoms with Crippen LogP contribution in [0.5, 0.6) is 0 Å². The number of halogens is 1. The van der Waals surface area contributed by atoms with E-state index in [0.29, 0.717) is 10.8 Å². The van der Waals surface area contributed by atoms with Crippen LogP contribution in [-0.2, 0) is 6.73 Å². The monoisotopic (exact) mass is 197 g/mol. The second-order valence-corrected chi connectivity index (χ2v) is 3.11. The molecule has 2 rings (SSSR count). The number of aliphatic hydroxyl groups is 1. The second kappa shape index (κ2) is 2.97. The Bertz CT molecular complexity index is 452. The molecule has 0 amide bonds. The van der Waals surface area contributed by atoms with E-state index in [2.05, 4.69) is 9.97 Å². The van der Waals surface area contributed by atoms with Crippen LogP contribution >= 0.6 is 11.6 Å². The topological polar surface area (TPSA) is 50.9 Å². The van der Waals surface area contributed by atoms with Crippen LogP contribution in [0.1, 0.15) is 5.69 Å². The Morgan fingerprint density at radius 2 is 2.31 bits per heavy atom. The highest BCUT2D eigenvalue weighted by atomic mass is 35.5. The van der Waals surface area contributed by atoms with Crippen LogP contribution in [0.25, 0.3) is 11.0 Å². The molecular formula is C8H8ClN3O. The van der Waals surface area contributed by atoms with Crippen molar-refractivity contribution >= 4 is 22.6 Å². The van der Waals surface area contributed by atoms with E-state index in [1.807, 2.05) is 13.0 Å². The van der Waals surface area contributed by atoms with Crippen molar-refractivity contribution in [1.82, 2.24) is 14.5 Å². The third-order valence-corrected chi connectivity index (χ3v) is 2.29. The van der Waals surface area contributed by atoms with Gasteiger partial charge in [-0.2, -0.15) is 0 Å². The van der Waals surface area contributed by atoms with Crippen molar-refractivity contribution in [3.8, 4) is 0 Å². The van der Waals surface area contributed by atoms with E-state index in [4.69, 9.17) is 16.7 Å². The third kappa shape index (κ3) is 1.18. The van der Waals surface area contributed by atoms with Crippen molar-refractivity contribution in [2.45, 2.75) is 13.7 Å². The second-order valence-electron chi connectivity index (χ2n) is 2.76. The third-order valence-electron chi connectivity index (χ3n) is 1.99. The molecule has 0 unspecified atom stereocenters. The van der Waals surface area contributed by atoms with Crippen molar-refractivity contribution in [2.75, 3.05) is 0 Å². The quantitative estimate of drug-likeness (QED) is 0.702. The number of fused-ring (bicyclic) bond motifs is 1. The summed E-state index contributed by atoms with van der Waals surface area (Å²) >= 11 is 5.85. The molecule has 0 bridgehead atoms. The minimum absolute atomic E-state index is 0.0946. The number of aliphatic hydroxyl groups excluding tert-OH is 1. The lowest BCUT2D eigenvalue weighted by Gasteiger charge is -2.00. The summed E-state index contributed by atoms with van der Waals surface area (Å²) in [7, 11) is 0. The predicted octanol–water partition coefficient (Wildman–Crippen LogP) is 1.34. The summed E-state index contributed by atoms with van der Waals surface area (Å²) in [6.45, 7) is 1.79. The number of aryl methyl sites for hydroxylation is 1. The maximum absolute atomic E-state index is 9.06. The largest absolute Gasteiger partial charge is 0.376 e. The minimum Gasteiger partial charge on any atom is -0.376 e. The molecule has 13 heavy (non-hydrogen) atoms. The highest BCUT2D eigenvalue weighted by Crippen LogP contribution is 2.22. The molecule has 0 aliphatic heterocycles. The van der Waals surface area contributed by atoms with Gasteiger partial charge in [-0.05, 0) is 13.0 Å². The Morgan fingerprint density at radius 1 is 1.54 bits per heavy atom. The molecule has 0 radical (unpaired) electrons. The van der Waals surface area contributed by atoms with Crippen LogP contribution < -0.4 is 0 Å². The molecular weight excluding hydrogens is 190 g/mol. The van der Waals surface area contributed by atoms with Crippen molar-refractivity contribution in [3.05, 3.63) is 23.2 Å². The molecule has 0 spiro atoms. The Hall–Kier alpha value is -1.13. The number of nitrogens with zero attached hydrogens (tertiary/aromatic N) is 3. The first-order valence-electron chi connectivity index (χ1n) is 3.81. The van der Waals surface area contributed by atoms with Crippen LogP contribution in [0, 0.1) is 6.92 Å². The van der Waals surface area contributed by atoms with Gasteiger partial charge >= 0.3 is 0 Å². The van der Waals surface area contributed by atoms with Gasteiger partial charge in [0, 0.05) is 5.69 Å². The van der Waals surface area contributed by atoms with Crippen molar-refractivity contribution in [2.24, 2.45) is 0 Å². The van der Waals surface area contributed by atoms with Gasteiger partial charge in [-0.3, -0.25) is 0 Å². The van der Waals surface area contributed by atoms with Crippen LogP contribution in [-0.4, -0.2) is 19.6 Å². The lowest BCUT2D eigenvalue weighted by Crippen LogP contribution is -1.99. The smallest absolute Gasteiger partial charge is 0.146 e. The normalized spacial score (nSPS) is 11.0. The number of rotatable bonds is 1. The van der Waals surface area contributed by atoms with E-state index < -0.39 is 0 Å². The first-order valence-corrected chi connectivity index (χ1v) is 4.19. The molecule has 0 fully saturated rings. The molecule has 0 aliphatic rings. The van der Waals surface area contributed by atoms with Crippen molar-refractivity contribution in [1.29, 1.82) is 0 Å². The average Bonchev–Trinajstić information content (AvgIpc) is 2.43. The fourth-order valence-corrected chi connectivity index (χ4v) is 1.52. The van der Waals surface area contributed by atoms with E-state index in [-0.39, 0.29) is 6.73 Å². The zero-order valence-corrected chi connectivity index (χ0v) is 7.78. The summed E-state index contributed by atoms with van der Waals surface area (Å²) in [6, 6.07) is 1.86. The molecule has 0 atom stereocenters. The van der Waals surface area contributed by atoms with Gasteiger partial charge in [0.15, 0.2) is 0 Å². The van der Waals surface area contributed by atoms with E-state index >= 15 is 0 Å². The summed E-state index contributed by atoms with van der Waals surface area (Å²) in [5.41, 5.74) is 1.58. The summed E-state index contributed by atoms with van der Waals surface area (Å²) in [5, 5.41) is 10.2. The highest BCUT2D eigenvalue weighted by molar-refractivity contribution is 6.33. The van der Waals surface area contributed by atoms with Crippen LogP contribution in [0.4, 0.5) is 0 Å². The lowest BCUT2D eigenvalue weighted by atomic mass is 10.4. The van der Waals surface area contributed by atoms with Crippen molar-refractivity contribution in [3.63, 3.8) is 0 Å². The summed E-state index contributed by atoms with van der Waals surface area (Å²) in [6.07, 6.45) is 1.39. The fraction of sp³-hybridized carbons (Fsp3) is 0.250. The van der Waals surface area contributed by atoms with E-state index in [1.54, 1.807) is 4.57 Å². The molecule has 68 valence electrons. The van der Waals surface area contributed by atoms with Crippen LogP contribution in [0.15, 0.2) is 12.4 Å². The fourth-order valence-electron chi connectivity index (χ4n) is 1.34. The van der Waals surface area contributed by atoms with Gasteiger partial charge in [0.05, 0.1) is 5.39 Å². The van der Waals surface area contributed by atoms with Gasteiger partial charge < -0.3 is 9.67 Å². The number of aromatic nitrogens is 3. The maximum Gasteiger partial charge on any atom is 0.146 e. The Kier molecular flexibility index (Phi) is 1.94. The van der Waals surface area contributed by atoms with Crippen molar-refractivity contribution < 1.29 is 5.11 Å². The average molecular weight is 198 g/mol. The summed E-state index contributed by atoms with van der Waals surface area (Å²) < 4.78 is 1.67. The summed E-state index contributed by atoms with van der Waals surface area (Å²) in [5.74, 6) is 0. The molecule has 2 aromatic rings. The Balaban J connectivity index is 2.86. The van der Waals surface area contributed by atoms with E-state index in [0.717, 1.165) is 11.1 Å². The zero-order valence-electron chi connectivity index (χ0n) is 7.03. The summed E-state index contributed by atoms with van der Waals surface area (Å²) in [4.78, 5) is 7.90. The molecule has 1 N–H and O–H groups in total. The number of hydrogen-bond acceptors (Lipinski definition) is 3. The first-order chi connectivity index (χ1) is 6.24. The molecule has 5 heteroatoms. The van der Waals surface area contributed by atoms with Crippen LogP contribution in [0.2, 0.25) is 5.15 Å². The molecule has 4 nitrogen and oxygen atoms in total. The number of hydrogen-bond donors (Lipinski definition) is 1. The molecule has 0 saturated carbocycles. The van der Waals surface area contributed by atoms with Gasteiger partial charge in [0.1, 0.15) is 23.9 Å². The van der Waals surface area contributed by atoms with E-state index in [9.17, 15) is 0 Å². The van der Waals surface area contributed by atoms with Crippen LogP contribution in [0.3, 0.4) is 0 Å².